The molecule has 0 saturated carbocycles. The van der Waals surface area contributed by atoms with Crippen molar-refractivity contribution in [2.24, 2.45) is 5.41 Å². The molecule has 0 N–H and O–H groups in total. The number of carbonyl (C=O) groups excluding carboxylic acids is 1. The van der Waals surface area contributed by atoms with Gasteiger partial charge in [-0.1, -0.05) is 20.8 Å². The predicted molar refractivity (Wildman–Crippen MR) is 75.9 cm³/mol. The van der Waals surface area contributed by atoms with E-state index >= 15 is 0 Å². The number of amides is 1. The Morgan fingerprint density at radius 3 is 2.35 bits per heavy atom. The number of benzene rings is 1. The molecule has 4 nitrogen and oxygen atoms in total. The van der Waals surface area contributed by atoms with Crippen molar-refractivity contribution in [2.45, 2.75) is 25.7 Å². The Balaban J connectivity index is 3.25. The van der Waals surface area contributed by atoms with E-state index in [1.807, 2.05) is 20.8 Å². The van der Waals surface area contributed by atoms with Gasteiger partial charge in [-0.2, -0.15) is 0 Å². The van der Waals surface area contributed by atoms with Gasteiger partial charge in [-0.05, 0) is 23.6 Å². The first kappa shape index (κ1) is 16.9. The van der Waals surface area contributed by atoms with Crippen LogP contribution in [0.15, 0.2) is 23.1 Å². The Morgan fingerprint density at radius 2 is 1.90 bits per heavy atom. The van der Waals surface area contributed by atoms with Crippen LogP contribution in [0.1, 0.15) is 31.1 Å². The third-order valence-electron chi connectivity index (χ3n) is 2.49. The van der Waals surface area contributed by atoms with E-state index in [4.69, 9.17) is 10.7 Å². The lowest BCUT2D eigenvalue weighted by Gasteiger charge is -2.27. The standard InChI is InChI=1S/C13H17ClFNO3S/c1-13(2,3)8-16(4)12(17)10-7-9(15)5-6-11(10)20(14,18)19/h5-7H,8H2,1-4H3. The summed E-state index contributed by atoms with van der Waals surface area (Å²) >= 11 is 0. The molecule has 1 aromatic carbocycles. The molecule has 0 unspecified atom stereocenters. The number of hydrogen-bond acceptors (Lipinski definition) is 3. The zero-order valence-electron chi connectivity index (χ0n) is 11.8. The molecule has 0 atom stereocenters. The van der Waals surface area contributed by atoms with E-state index in [2.05, 4.69) is 0 Å². The van der Waals surface area contributed by atoms with Gasteiger partial charge in [-0.25, -0.2) is 12.8 Å². The average molecular weight is 322 g/mol. The lowest BCUT2D eigenvalue weighted by atomic mass is 9.96. The van der Waals surface area contributed by atoms with Crippen LogP contribution in [-0.2, 0) is 9.05 Å². The molecule has 1 rings (SSSR count). The highest BCUT2D eigenvalue weighted by atomic mass is 35.7. The van der Waals surface area contributed by atoms with E-state index in [0.717, 1.165) is 18.2 Å². The fraction of sp³-hybridized carbons (Fsp3) is 0.462. The minimum Gasteiger partial charge on any atom is -0.341 e. The zero-order valence-corrected chi connectivity index (χ0v) is 13.3. The summed E-state index contributed by atoms with van der Waals surface area (Å²) in [6.45, 7) is 6.19. The SMILES string of the molecule is CN(CC(C)(C)C)C(=O)c1cc(F)ccc1S(=O)(=O)Cl. The lowest BCUT2D eigenvalue weighted by Crippen LogP contribution is -2.35. The molecule has 0 spiro atoms. The maximum absolute atomic E-state index is 13.3. The van der Waals surface area contributed by atoms with Gasteiger partial charge in [0.05, 0.1) is 10.5 Å². The predicted octanol–water partition coefficient (Wildman–Crippen LogP) is 2.87. The van der Waals surface area contributed by atoms with Gasteiger partial charge in [0.2, 0.25) is 0 Å². The van der Waals surface area contributed by atoms with E-state index < -0.39 is 20.8 Å². The summed E-state index contributed by atoms with van der Waals surface area (Å²) in [5.74, 6) is -1.28. The van der Waals surface area contributed by atoms with Crippen molar-refractivity contribution < 1.29 is 17.6 Å². The summed E-state index contributed by atoms with van der Waals surface area (Å²) in [6.07, 6.45) is 0. The lowest BCUT2D eigenvalue weighted by molar-refractivity contribution is 0.0741. The van der Waals surface area contributed by atoms with Crippen LogP contribution in [0, 0.1) is 11.2 Å². The summed E-state index contributed by atoms with van der Waals surface area (Å²) in [7, 11) is 2.69. The highest BCUT2D eigenvalue weighted by molar-refractivity contribution is 8.13. The first-order valence-corrected chi connectivity index (χ1v) is 8.22. The fourth-order valence-corrected chi connectivity index (χ4v) is 2.91. The van der Waals surface area contributed by atoms with Gasteiger partial charge in [-0.3, -0.25) is 4.79 Å². The van der Waals surface area contributed by atoms with Gasteiger partial charge in [0.1, 0.15) is 5.82 Å². The Kier molecular flexibility index (Phi) is 4.82. The molecule has 0 bridgehead atoms. The molecular formula is C13H17ClFNO3S. The smallest absolute Gasteiger partial charge is 0.262 e. The minimum atomic E-state index is -4.11. The molecule has 0 saturated heterocycles. The first-order valence-electron chi connectivity index (χ1n) is 5.91. The van der Waals surface area contributed by atoms with Crippen LogP contribution in [0.2, 0.25) is 0 Å². The van der Waals surface area contributed by atoms with Gasteiger partial charge < -0.3 is 4.90 Å². The maximum atomic E-state index is 13.3. The van der Waals surface area contributed by atoms with Crippen LogP contribution in [0.5, 0.6) is 0 Å². The molecule has 0 aliphatic heterocycles. The van der Waals surface area contributed by atoms with Crippen LogP contribution < -0.4 is 0 Å². The topological polar surface area (TPSA) is 54.5 Å². The molecule has 0 aliphatic carbocycles. The van der Waals surface area contributed by atoms with Gasteiger partial charge in [0.25, 0.3) is 15.0 Å². The summed E-state index contributed by atoms with van der Waals surface area (Å²) in [5.41, 5.74) is -0.427. The van der Waals surface area contributed by atoms with Gasteiger partial charge >= 0.3 is 0 Å². The summed E-state index contributed by atoms with van der Waals surface area (Å²) in [5, 5.41) is 0. The number of hydrogen-bond donors (Lipinski definition) is 0. The summed E-state index contributed by atoms with van der Waals surface area (Å²) in [4.78, 5) is 13.2. The van der Waals surface area contributed by atoms with Crippen LogP contribution in [0.4, 0.5) is 4.39 Å². The third-order valence-corrected chi connectivity index (χ3v) is 3.87. The summed E-state index contributed by atoms with van der Waals surface area (Å²) < 4.78 is 36.2. The fourth-order valence-electron chi connectivity index (χ4n) is 1.87. The molecule has 0 heterocycles. The van der Waals surface area contributed by atoms with Gasteiger partial charge in [0, 0.05) is 24.3 Å². The Morgan fingerprint density at radius 1 is 1.35 bits per heavy atom. The summed E-state index contributed by atoms with van der Waals surface area (Å²) in [6, 6.07) is 2.84. The quantitative estimate of drug-likeness (QED) is 0.804. The van der Waals surface area contributed by atoms with Crippen molar-refractivity contribution in [3.63, 3.8) is 0 Å². The second-order valence-electron chi connectivity index (χ2n) is 5.80. The van der Waals surface area contributed by atoms with E-state index in [1.54, 1.807) is 0 Å². The minimum absolute atomic E-state index is 0.169. The Hall–Kier alpha value is -1.14. The van der Waals surface area contributed by atoms with Gasteiger partial charge in [0.15, 0.2) is 0 Å². The van der Waals surface area contributed by atoms with E-state index in [0.29, 0.717) is 6.54 Å². The van der Waals surface area contributed by atoms with Crippen LogP contribution >= 0.6 is 10.7 Å². The molecule has 0 radical (unpaired) electrons. The van der Waals surface area contributed by atoms with Crippen molar-refractivity contribution in [3.05, 3.63) is 29.6 Å². The largest absolute Gasteiger partial charge is 0.341 e. The molecule has 7 heteroatoms. The van der Waals surface area contributed by atoms with Gasteiger partial charge in [-0.15, -0.1) is 0 Å². The van der Waals surface area contributed by atoms with Crippen molar-refractivity contribution >= 4 is 25.6 Å². The van der Waals surface area contributed by atoms with Crippen molar-refractivity contribution in [3.8, 4) is 0 Å². The normalized spacial score (nSPS) is 12.3. The Bertz CT molecular complexity index is 623. The third kappa shape index (κ3) is 4.45. The van der Waals surface area contributed by atoms with Crippen LogP contribution in [-0.4, -0.2) is 32.8 Å². The molecule has 0 aromatic heterocycles. The first-order chi connectivity index (χ1) is 8.92. The molecule has 20 heavy (non-hydrogen) atoms. The zero-order chi connectivity index (χ0) is 15.7. The molecule has 0 aliphatic rings. The molecule has 112 valence electrons. The molecule has 0 fully saturated rings. The Labute approximate surface area is 123 Å². The van der Waals surface area contributed by atoms with Crippen LogP contribution in [0.3, 0.4) is 0 Å². The average Bonchev–Trinajstić information content (AvgIpc) is 2.23. The monoisotopic (exact) mass is 321 g/mol. The van der Waals surface area contributed by atoms with Crippen molar-refractivity contribution in [1.82, 2.24) is 4.90 Å². The second kappa shape index (κ2) is 5.69. The number of halogens is 2. The van der Waals surface area contributed by atoms with Crippen molar-refractivity contribution in [1.29, 1.82) is 0 Å². The number of nitrogens with zero attached hydrogens (tertiary/aromatic N) is 1. The highest BCUT2D eigenvalue weighted by Gasteiger charge is 2.25. The molecule has 1 aromatic rings. The van der Waals surface area contributed by atoms with E-state index in [1.165, 1.54) is 11.9 Å². The maximum Gasteiger partial charge on any atom is 0.262 e. The van der Waals surface area contributed by atoms with E-state index in [-0.39, 0.29) is 15.9 Å². The highest BCUT2D eigenvalue weighted by Crippen LogP contribution is 2.23. The number of carbonyl (C=O) groups is 1. The van der Waals surface area contributed by atoms with E-state index in [9.17, 15) is 17.6 Å². The second-order valence-corrected chi connectivity index (χ2v) is 8.33. The van der Waals surface area contributed by atoms with Crippen molar-refractivity contribution in [2.75, 3.05) is 13.6 Å². The van der Waals surface area contributed by atoms with Crippen LogP contribution in [0.25, 0.3) is 0 Å². The number of rotatable bonds is 3. The molecular weight excluding hydrogens is 305 g/mol. The molecule has 1 amide bonds.